The molecule has 0 aliphatic carbocycles. The molecule has 1 aliphatic heterocycles. The molecule has 4 nitrogen and oxygen atoms in total. The quantitative estimate of drug-likeness (QED) is 0.848. The fourth-order valence-electron chi connectivity index (χ4n) is 2.44. The molecule has 21 heavy (non-hydrogen) atoms. The van der Waals surface area contributed by atoms with Crippen molar-refractivity contribution in [3.8, 4) is 0 Å². The number of anilines is 1. The number of ether oxygens (including phenoxy) is 1. The number of benzene rings is 1. The number of urea groups is 1. The molecule has 0 bridgehead atoms. The van der Waals surface area contributed by atoms with Crippen LogP contribution in [0.3, 0.4) is 0 Å². The Labute approximate surface area is 131 Å². The lowest BCUT2D eigenvalue weighted by molar-refractivity contribution is 0.0868. The van der Waals surface area contributed by atoms with Crippen molar-refractivity contribution in [1.82, 2.24) is 5.32 Å². The van der Waals surface area contributed by atoms with Gasteiger partial charge in [-0.25, -0.2) is 4.79 Å². The summed E-state index contributed by atoms with van der Waals surface area (Å²) in [5, 5.41) is 5.81. The molecular weight excluding hydrogens is 284 g/mol. The van der Waals surface area contributed by atoms with Gasteiger partial charge in [0.25, 0.3) is 0 Å². The average molecular weight is 308 g/mol. The van der Waals surface area contributed by atoms with Crippen LogP contribution in [0, 0.1) is 0 Å². The first-order chi connectivity index (χ1) is 10.2. The van der Waals surface area contributed by atoms with E-state index >= 15 is 0 Å². The van der Waals surface area contributed by atoms with E-state index in [1.165, 1.54) is 5.56 Å². The summed E-state index contributed by atoms with van der Waals surface area (Å²) >= 11 is 1.84. The Hall–Kier alpha value is -1.20. The van der Waals surface area contributed by atoms with E-state index in [-0.39, 0.29) is 18.2 Å². The minimum Gasteiger partial charge on any atom is -0.376 e. The van der Waals surface area contributed by atoms with Crippen LogP contribution in [0.25, 0.3) is 0 Å². The van der Waals surface area contributed by atoms with Crippen molar-refractivity contribution in [3.63, 3.8) is 0 Å². The number of carbonyl (C=O) groups excluding carboxylic acids is 1. The zero-order chi connectivity index (χ0) is 15.1. The Morgan fingerprint density at radius 1 is 1.43 bits per heavy atom. The Bertz CT molecular complexity index is 444. The maximum atomic E-state index is 12.0. The Kier molecular flexibility index (Phi) is 6.39. The highest BCUT2D eigenvalue weighted by molar-refractivity contribution is 7.98. The van der Waals surface area contributed by atoms with Crippen LogP contribution in [0.2, 0.25) is 0 Å². The van der Waals surface area contributed by atoms with E-state index in [0.717, 1.165) is 37.3 Å². The zero-order valence-corrected chi connectivity index (χ0v) is 13.5. The fourth-order valence-corrected chi connectivity index (χ4v) is 2.88. The standard InChI is InChI=1S/C16H24N2O2S/c1-12(15-4-3-10-20-15)17-16(19)18-14-7-5-13(6-8-14)9-11-21-2/h5-8,12,15H,3-4,9-11H2,1-2H3,(H2,17,18,19). The second-order valence-electron chi connectivity index (χ2n) is 5.38. The van der Waals surface area contributed by atoms with Crippen molar-refractivity contribution in [2.75, 3.05) is 23.9 Å². The van der Waals surface area contributed by atoms with Crippen molar-refractivity contribution in [2.24, 2.45) is 0 Å². The van der Waals surface area contributed by atoms with Gasteiger partial charge in [-0.3, -0.25) is 0 Å². The lowest BCUT2D eigenvalue weighted by atomic mass is 10.1. The van der Waals surface area contributed by atoms with Gasteiger partial charge in [-0.05, 0) is 55.9 Å². The first kappa shape index (κ1) is 16.2. The van der Waals surface area contributed by atoms with E-state index in [1.807, 2.05) is 30.8 Å². The largest absolute Gasteiger partial charge is 0.376 e. The molecule has 2 atom stereocenters. The van der Waals surface area contributed by atoms with Crippen molar-refractivity contribution in [1.29, 1.82) is 0 Å². The van der Waals surface area contributed by atoms with Crippen LogP contribution < -0.4 is 10.6 Å². The van der Waals surface area contributed by atoms with Crippen molar-refractivity contribution in [3.05, 3.63) is 29.8 Å². The molecule has 1 saturated heterocycles. The summed E-state index contributed by atoms with van der Waals surface area (Å²) in [6.07, 6.45) is 5.41. The lowest BCUT2D eigenvalue weighted by Crippen LogP contribution is -2.42. The predicted octanol–water partition coefficient (Wildman–Crippen LogP) is 3.28. The summed E-state index contributed by atoms with van der Waals surface area (Å²) in [5.41, 5.74) is 2.11. The monoisotopic (exact) mass is 308 g/mol. The molecule has 0 radical (unpaired) electrons. The molecule has 0 saturated carbocycles. The van der Waals surface area contributed by atoms with Gasteiger partial charge < -0.3 is 15.4 Å². The molecule has 2 unspecified atom stereocenters. The molecule has 2 N–H and O–H groups in total. The molecule has 5 heteroatoms. The minimum atomic E-state index is -0.171. The Balaban J connectivity index is 1.78. The SMILES string of the molecule is CSCCc1ccc(NC(=O)NC(C)C2CCCO2)cc1. The molecule has 116 valence electrons. The highest BCUT2D eigenvalue weighted by Crippen LogP contribution is 2.16. The molecule has 1 aliphatic rings. The highest BCUT2D eigenvalue weighted by atomic mass is 32.2. The fraction of sp³-hybridized carbons (Fsp3) is 0.562. The van der Waals surface area contributed by atoms with Gasteiger partial charge in [0.05, 0.1) is 12.1 Å². The molecule has 1 heterocycles. The van der Waals surface area contributed by atoms with Gasteiger partial charge in [0.15, 0.2) is 0 Å². The van der Waals surface area contributed by atoms with Crippen LogP contribution in [0.4, 0.5) is 10.5 Å². The van der Waals surface area contributed by atoms with Crippen LogP contribution in [0.5, 0.6) is 0 Å². The van der Waals surface area contributed by atoms with Crippen LogP contribution >= 0.6 is 11.8 Å². The van der Waals surface area contributed by atoms with Crippen molar-refractivity contribution < 1.29 is 9.53 Å². The molecule has 2 rings (SSSR count). The molecule has 1 aromatic rings. The van der Waals surface area contributed by atoms with Crippen LogP contribution in [0.1, 0.15) is 25.3 Å². The second-order valence-corrected chi connectivity index (χ2v) is 6.36. The number of hydrogen-bond donors (Lipinski definition) is 2. The Morgan fingerprint density at radius 3 is 2.81 bits per heavy atom. The van der Waals surface area contributed by atoms with Crippen LogP contribution in [-0.4, -0.2) is 36.8 Å². The molecule has 0 spiro atoms. The summed E-state index contributed by atoms with van der Waals surface area (Å²) in [6, 6.07) is 7.89. The van der Waals surface area contributed by atoms with E-state index in [9.17, 15) is 4.79 Å². The summed E-state index contributed by atoms with van der Waals surface area (Å²) in [7, 11) is 0. The number of thioether (sulfide) groups is 1. The third-order valence-corrected chi connectivity index (χ3v) is 4.30. The number of hydrogen-bond acceptors (Lipinski definition) is 3. The number of rotatable bonds is 6. The van der Waals surface area contributed by atoms with Gasteiger partial charge in [0, 0.05) is 12.3 Å². The third-order valence-electron chi connectivity index (χ3n) is 3.69. The lowest BCUT2D eigenvalue weighted by Gasteiger charge is -2.20. The van der Waals surface area contributed by atoms with Crippen LogP contribution in [0.15, 0.2) is 24.3 Å². The average Bonchev–Trinajstić information content (AvgIpc) is 3.01. The highest BCUT2D eigenvalue weighted by Gasteiger charge is 2.23. The third kappa shape index (κ3) is 5.25. The maximum absolute atomic E-state index is 12.0. The van der Waals surface area contributed by atoms with Gasteiger partial charge in [0.1, 0.15) is 0 Å². The predicted molar refractivity (Wildman–Crippen MR) is 89.1 cm³/mol. The number of carbonyl (C=O) groups is 1. The summed E-state index contributed by atoms with van der Waals surface area (Å²) in [6.45, 7) is 2.79. The summed E-state index contributed by atoms with van der Waals surface area (Å²) < 4.78 is 5.57. The Morgan fingerprint density at radius 2 is 2.19 bits per heavy atom. The summed E-state index contributed by atoms with van der Waals surface area (Å²) in [5.74, 6) is 1.12. The maximum Gasteiger partial charge on any atom is 0.319 e. The first-order valence-corrected chi connectivity index (χ1v) is 8.85. The van der Waals surface area contributed by atoms with Crippen LogP contribution in [-0.2, 0) is 11.2 Å². The molecule has 2 amide bonds. The number of nitrogens with one attached hydrogen (secondary N) is 2. The van der Waals surface area contributed by atoms with E-state index in [1.54, 1.807) is 0 Å². The molecular formula is C16H24N2O2S. The molecule has 1 fully saturated rings. The van der Waals surface area contributed by atoms with Gasteiger partial charge >= 0.3 is 6.03 Å². The zero-order valence-electron chi connectivity index (χ0n) is 12.7. The van der Waals surface area contributed by atoms with Gasteiger partial charge in [-0.15, -0.1) is 0 Å². The molecule has 0 aromatic heterocycles. The topological polar surface area (TPSA) is 50.4 Å². The van der Waals surface area contributed by atoms with E-state index in [2.05, 4.69) is 29.0 Å². The van der Waals surface area contributed by atoms with Gasteiger partial charge in [-0.2, -0.15) is 11.8 Å². The normalized spacial score (nSPS) is 19.2. The second kappa shape index (κ2) is 8.29. The smallest absolute Gasteiger partial charge is 0.319 e. The van der Waals surface area contributed by atoms with Crippen molar-refractivity contribution in [2.45, 2.75) is 38.3 Å². The minimum absolute atomic E-state index is 0.0355. The van der Waals surface area contributed by atoms with E-state index in [0.29, 0.717) is 0 Å². The molecule has 1 aromatic carbocycles. The van der Waals surface area contributed by atoms with Crippen molar-refractivity contribution >= 4 is 23.5 Å². The van der Waals surface area contributed by atoms with Gasteiger partial charge in [0.2, 0.25) is 0 Å². The van der Waals surface area contributed by atoms with Gasteiger partial charge in [-0.1, -0.05) is 12.1 Å². The van der Waals surface area contributed by atoms with E-state index < -0.39 is 0 Å². The van der Waals surface area contributed by atoms with E-state index in [4.69, 9.17) is 4.74 Å². The number of amides is 2. The first-order valence-electron chi connectivity index (χ1n) is 7.46. The number of aryl methyl sites for hydroxylation is 1. The summed E-state index contributed by atoms with van der Waals surface area (Å²) in [4.78, 5) is 12.0.